The van der Waals surface area contributed by atoms with Gasteiger partial charge in [0.1, 0.15) is 4.70 Å². The van der Waals surface area contributed by atoms with Crippen LogP contribution in [-0.2, 0) is 26.8 Å². The van der Waals surface area contributed by atoms with E-state index in [0.29, 0.717) is 13.1 Å². The van der Waals surface area contributed by atoms with E-state index in [1.165, 1.54) is 0 Å². The molecule has 50 heavy (non-hydrogen) atoms. The fraction of sp³-hybridized carbons (Fsp3) is 0.289. The van der Waals surface area contributed by atoms with Gasteiger partial charge in [0, 0.05) is 29.3 Å². The number of allylic oxidation sites excluding steroid dienone is 4. The zero-order chi connectivity index (χ0) is 35.3. The molecular formula is C38H39N2O6S4+. The van der Waals surface area contributed by atoms with Gasteiger partial charge in [-0.3, -0.25) is 9.11 Å². The molecule has 0 amide bonds. The lowest BCUT2D eigenvalue weighted by Gasteiger charge is -2.31. The van der Waals surface area contributed by atoms with Crippen LogP contribution in [0.5, 0.6) is 0 Å². The van der Waals surface area contributed by atoms with Crippen LogP contribution in [0, 0.1) is 5.41 Å². The van der Waals surface area contributed by atoms with Crippen molar-refractivity contribution < 1.29 is 30.5 Å². The van der Waals surface area contributed by atoms with Gasteiger partial charge in [0.2, 0.25) is 5.52 Å². The van der Waals surface area contributed by atoms with Gasteiger partial charge in [-0.1, -0.05) is 97.6 Å². The van der Waals surface area contributed by atoms with E-state index in [1.54, 1.807) is 23.1 Å². The molecule has 260 valence electrons. The fourth-order valence-electron chi connectivity index (χ4n) is 7.23. The number of aromatic nitrogens is 1. The molecule has 0 fully saturated rings. The molecule has 0 radical (unpaired) electrons. The number of hydrogen-bond acceptors (Lipinski definition) is 7. The quantitative estimate of drug-likeness (QED) is 0.108. The molecule has 0 saturated carbocycles. The molecule has 12 heteroatoms. The SMILES string of the molecule is CC1(C)CC(C=C2Sc3ccc4ccccc4c3N2CCCS(=O)(=O)O)=CC(=Cc2sc3ccc4ccccc4c3[n+]2CCCS(=O)(=O)O)C1. The van der Waals surface area contributed by atoms with Gasteiger partial charge in [-0.25, -0.2) is 0 Å². The second kappa shape index (κ2) is 13.6. The van der Waals surface area contributed by atoms with Gasteiger partial charge in [0.15, 0.2) is 6.54 Å². The summed E-state index contributed by atoms with van der Waals surface area (Å²) in [5.41, 5.74) is 4.41. The van der Waals surface area contributed by atoms with Crippen LogP contribution in [0.15, 0.2) is 106 Å². The van der Waals surface area contributed by atoms with Crippen LogP contribution in [0.3, 0.4) is 0 Å². The Kier molecular flexibility index (Phi) is 9.46. The van der Waals surface area contributed by atoms with Crippen molar-refractivity contribution in [2.45, 2.75) is 51.0 Å². The summed E-state index contributed by atoms with van der Waals surface area (Å²) in [6, 6.07) is 24.9. The van der Waals surface area contributed by atoms with Crippen molar-refractivity contribution in [3.05, 3.63) is 106 Å². The Bertz CT molecular complexity index is 2460. The van der Waals surface area contributed by atoms with Crippen LogP contribution in [0.4, 0.5) is 5.69 Å². The van der Waals surface area contributed by atoms with Crippen LogP contribution < -0.4 is 9.47 Å². The summed E-state index contributed by atoms with van der Waals surface area (Å²) < 4.78 is 68.8. The van der Waals surface area contributed by atoms with Crippen LogP contribution in [-0.4, -0.2) is 44.0 Å². The number of nitrogens with zero attached hydrogens (tertiary/aromatic N) is 2. The summed E-state index contributed by atoms with van der Waals surface area (Å²) in [6.07, 6.45) is 8.98. The molecular weight excluding hydrogens is 709 g/mol. The molecule has 5 aromatic rings. The Morgan fingerprint density at radius 1 is 0.820 bits per heavy atom. The highest BCUT2D eigenvalue weighted by molar-refractivity contribution is 8.03. The van der Waals surface area contributed by atoms with Crippen molar-refractivity contribution >= 4 is 86.9 Å². The van der Waals surface area contributed by atoms with Crippen LogP contribution >= 0.6 is 23.1 Å². The summed E-state index contributed by atoms with van der Waals surface area (Å²) in [4.78, 5) is 3.30. The summed E-state index contributed by atoms with van der Waals surface area (Å²) in [7, 11) is -8.17. The average molecular weight is 748 g/mol. The minimum absolute atomic E-state index is 0.0369. The van der Waals surface area contributed by atoms with E-state index in [-0.39, 0.29) is 29.8 Å². The third kappa shape index (κ3) is 7.70. The first-order valence-electron chi connectivity index (χ1n) is 16.6. The van der Waals surface area contributed by atoms with Crippen LogP contribution in [0.2, 0.25) is 0 Å². The Morgan fingerprint density at radius 2 is 1.48 bits per heavy atom. The normalized spacial score (nSPS) is 18.1. The van der Waals surface area contributed by atoms with Gasteiger partial charge < -0.3 is 4.90 Å². The molecule has 4 aromatic carbocycles. The van der Waals surface area contributed by atoms with Crippen molar-refractivity contribution in [1.29, 1.82) is 0 Å². The van der Waals surface area contributed by atoms with E-state index in [1.807, 2.05) is 24.3 Å². The maximum atomic E-state index is 11.6. The molecule has 0 saturated heterocycles. The van der Waals surface area contributed by atoms with E-state index < -0.39 is 20.2 Å². The van der Waals surface area contributed by atoms with E-state index in [9.17, 15) is 25.9 Å². The van der Waals surface area contributed by atoms with Gasteiger partial charge >= 0.3 is 0 Å². The molecule has 2 aliphatic rings. The van der Waals surface area contributed by atoms with Gasteiger partial charge in [0.25, 0.3) is 25.2 Å². The zero-order valence-electron chi connectivity index (χ0n) is 27.9. The Labute approximate surface area is 301 Å². The molecule has 8 nitrogen and oxygen atoms in total. The molecule has 7 rings (SSSR count). The summed E-state index contributed by atoms with van der Waals surface area (Å²) >= 11 is 3.35. The predicted octanol–water partition coefficient (Wildman–Crippen LogP) is 8.63. The molecule has 1 aliphatic heterocycles. The summed E-state index contributed by atoms with van der Waals surface area (Å²) in [6.45, 7) is 5.41. The molecule has 2 heterocycles. The minimum Gasteiger partial charge on any atom is -0.334 e. The van der Waals surface area contributed by atoms with Gasteiger partial charge in [-0.2, -0.15) is 21.4 Å². The number of rotatable bonds is 10. The summed E-state index contributed by atoms with van der Waals surface area (Å²) in [5, 5.41) is 6.45. The Morgan fingerprint density at radius 3 is 2.22 bits per heavy atom. The van der Waals surface area contributed by atoms with E-state index in [4.69, 9.17) is 0 Å². The number of fused-ring (bicyclic) bond motifs is 6. The van der Waals surface area contributed by atoms with Crippen molar-refractivity contribution in [3.8, 4) is 0 Å². The van der Waals surface area contributed by atoms with Gasteiger partial charge in [0.05, 0.1) is 27.6 Å². The number of hydrogen-bond donors (Lipinski definition) is 2. The number of anilines is 1. The monoisotopic (exact) mass is 747 g/mol. The number of thioether (sulfide) groups is 1. The van der Waals surface area contributed by atoms with Crippen molar-refractivity contribution in [1.82, 2.24) is 0 Å². The predicted molar refractivity (Wildman–Crippen MR) is 206 cm³/mol. The smallest absolute Gasteiger partial charge is 0.265 e. The molecule has 0 bridgehead atoms. The van der Waals surface area contributed by atoms with E-state index in [0.717, 1.165) is 76.4 Å². The molecule has 0 atom stereocenters. The second-order valence-electron chi connectivity index (χ2n) is 13.8. The lowest BCUT2D eigenvalue weighted by atomic mass is 9.75. The summed E-state index contributed by atoms with van der Waals surface area (Å²) in [5.74, 6) is -0.613. The maximum Gasteiger partial charge on any atom is 0.265 e. The highest BCUT2D eigenvalue weighted by Crippen LogP contribution is 2.51. The molecule has 1 aromatic heterocycles. The van der Waals surface area contributed by atoms with E-state index in [2.05, 4.69) is 90.1 Å². The van der Waals surface area contributed by atoms with Crippen molar-refractivity contribution in [2.75, 3.05) is 23.0 Å². The minimum atomic E-state index is -4.09. The van der Waals surface area contributed by atoms with E-state index >= 15 is 0 Å². The van der Waals surface area contributed by atoms with Crippen LogP contribution in [0.25, 0.3) is 37.8 Å². The van der Waals surface area contributed by atoms with Gasteiger partial charge in [-0.05, 0) is 70.9 Å². The Hall–Kier alpha value is -3.52. The Balaban J connectivity index is 1.30. The zero-order valence-corrected chi connectivity index (χ0v) is 31.1. The highest BCUT2D eigenvalue weighted by Gasteiger charge is 2.31. The molecule has 0 unspecified atom stereocenters. The first-order valence-corrected chi connectivity index (χ1v) is 21.4. The molecule has 2 N–H and O–H groups in total. The number of benzene rings is 4. The first-order chi connectivity index (χ1) is 23.7. The highest BCUT2D eigenvalue weighted by atomic mass is 32.2. The lowest BCUT2D eigenvalue weighted by molar-refractivity contribution is -0.667. The third-order valence-corrected chi connectivity index (χ3v) is 13.0. The number of aryl methyl sites for hydroxylation is 1. The van der Waals surface area contributed by atoms with Gasteiger partial charge in [-0.15, -0.1) is 0 Å². The third-order valence-electron chi connectivity index (χ3n) is 9.15. The first kappa shape index (κ1) is 34.9. The van der Waals surface area contributed by atoms with Crippen molar-refractivity contribution in [2.24, 2.45) is 5.41 Å². The molecule has 1 aliphatic carbocycles. The number of thiazole rings is 1. The van der Waals surface area contributed by atoms with Crippen molar-refractivity contribution in [3.63, 3.8) is 0 Å². The average Bonchev–Trinajstić information content (AvgIpc) is 3.56. The molecule has 0 spiro atoms. The largest absolute Gasteiger partial charge is 0.334 e. The second-order valence-corrected chi connectivity index (χ2v) is 19.1. The lowest BCUT2D eigenvalue weighted by Crippen LogP contribution is -2.36. The maximum absolute atomic E-state index is 11.6. The topological polar surface area (TPSA) is 116 Å². The fourth-order valence-corrected chi connectivity index (χ4v) is 10.6. The standard InChI is InChI=1S/C38H38N2O6S4/c1-38(2)24-26(22-34-39(17-7-19-49(41,42)43)36-30-11-5-3-9-28(30)13-15-32(36)47-34)21-27(25-38)23-35-40(18-8-20-50(44,45)46)37-31-12-6-4-10-29(31)14-16-33(37)48-35/h3-6,9-16,21-23H,7-8,17-20,24-25H2,1-2H3,(H-,41,42,43,44,45,46)/p+1. The van der Waals surface area contributed by atoms with Crippen LogP contribution in [0.1, 0.15) is 44.5 Å².